The number of hydrogen-bond acceptors (Lipinski definition) is 8. The molecule has 3 saturated carbocycles. The summed E-state index contributed by atoms with van der Waals surface area (Å²) in [6.07, 6.45) is 9.32. The SMILES string of the molecule is COC1OCC(COC2CCC(C(C)(C)C3CCC(OCC4COC(=O)O4)CC3)C3CC3C2)O1. The molecule has 0 amide bonds. The number of cyclic esters (lactones) is 2. The van der Waals surface area contributed by atoms with Crippen molar-refractivity contribution < 1.29 is 38.0 Å². The predicted molar refractivity (Wildman–Crippen MR) is 122 cm³/mol. The Bertz CT molecular complexity index is 690. The first-order valence-corrected chi connectivity index (χ1v) is 13.3. The summed E-state index contributed by atoms with van der Waals surface area (Å²) in [6, 6.07) is 0. The molecule has 0 N–H and O–H groups in total. The third-order valence-electron chi connectivity index (χ3n) is 9.14. The maximum absolute atomic E-state index is 11.1. The molecule has 0 radical (unpaired) electrons. The minimum absolute atomic E-state index is 0.0268. The van der Waals surface area contributed by atoms with Gasteiger partial charge in [0.2, 0.25) is 0 Å². The van der Waals surface area contributed by atoms with Crippen molar-refractivity contribution in [3.63, 3.8) is 0 Å². The van der Waals surface area contributed by atoms with Crippen LogP contribution in [0.2, 0.25) is 0 Å². The van der Waals surface area contributed by atoms with Gasteiger partial charge in [0.1, 0.15) is 12.7 Å². The van der Waals surface area contributed by atoms with E-state index in [9.17, 15) is 4.79 Å². The molecule has 7 atom stereocenters. The maximum Gasteiger partial charge on any atom is 0.508 e. The van der Waals surface area contributed by atoms with Crippen molar-refractivity contribution in [2.24, 2.45) is 29.1 Å². The van der Waals surface area contributed by atoms with E-state index in [1.807, 2.05) is 0 Å². The van der Waals surface area contributed by atoms with Gasteiger partial charge in [0.05, 0.1) is 32.0 Å². The minimum atomic E-state index is -0.575. The minimum Gasteiger partial charge on any atom is -0.430 e. The Kier molecular flexibility index (Phi) is 7.71. The first kappa shape index (κ1) is 24.8. The van der Waals surface area contributed by atoms with E-state index in [0.717, 1.165) is 42.9 Å². The molecule has 5 fully saturated rings. The van der Waals surface area contributed by atoms with Gasteiger partial charge in [-0.2, -0.15) is 0 Å². The first-order chi connectivity index (χ1) is 16.4. The summed E-state index contributed by atoms with van der Waals surface area (Å²) in [4.78, 5) is 11.1. The van der Waals surface area contributed by atoms with Crippen molar-refractivity contribution in [1.82, 2.24) is 0 Å². The van der Waals surface area contributed by atoms with Crippen LogP contribution in [0.5, 0.6) is 0 Å². The van der Waals surface area contributed by atoms with Crippen molar-refractivity contribution in [3.8, 4) is 0 Å². The number of ether oxygens (including phenoxy) is 7. The molecule has 34 heavy (non-hydrogen) atoms. The average Bonchev–Trinajstić information content (AvgIpc) is 3.25. The van der Waals surface area contributed by atoms with Gasteiger partial charge in [-0.1, -0.05) is 13.8 Å². The zero-order chi connectivity index (χ0) is 23.7. The molecular weight excluding hydrogens is 440 g/mol. The lowest BCUT2D eigenvalue weighted by atomic mass is 9.61. The molecule has 0 bridgehead atoms. The van der Waals surface area contributed by atoms with E-state index in [1.54, 1.807) is 7.11 Å². The van der Waals surface area contributed by atoms with Gasteiger partial charge in [-0.05, 0) is 80.5 Å². The molecule has 2 aliphatic heterocycles. The summed E-state index contributed by atoms with van der Waals surface area (Å²) in [5, 5.41) is 0. The Morgan fingerprint density at radius 3 is 2.35 bits per heavy atom. The fourth-order valence-electron chi connectivity index (χ4n) is 6.99. The standard InChI is InChI=1S/C26H42O8/c1-26(2,17-4-6-18(7-5-17)29-12-20-14-31-24(27)33-20)23-9-8-19(10-16-11-22(16)23)30-13-21-15-32-25(28-3)34-21/h16-23,25H,4-15H2,1-3H3. The summed E-state index contributed by atoms with van der Waals surface area (Å²) in [5.74, 6) is 3.19. The van der Waals surface area contributed by atoms with E-state index in [0.29, 0.717) is 37.9 Å². The highest BCUT2D eigenvalue weighted by atomic mass is 16.9. The molecule has 0 spiro atoms. The molecule has 8 heteroatoms. The molecule has 8 nitrogen and oxygen atoms in total. The van der Waals surface area contributed by atoms with Crippen LogP contribution >= 0.6 is 0 Å². The fraction of sp³-hybridized carbons (Fsp3) is 0.962. The number of carbonyl (C=O) groups is 1. The third-order valence-corrected chi connectivity index (χ3v) is 9.14. The van der Waals surface area contributed by atoms with Gasteiger partial charge in [0.25, 0.3) is 6.48 Å². The van der Waals surface area contributed by atoms with Gasteiger partial charge >= 0.3 is 6.16 Å². The van der Waals surface area contributed by atoms with E-state index < -0.39 is 12.6 Å². The highest BCUT2D eigenvalue weighted by Crippen LogP contribution is 2.60. The van der Waals surface area contributed by atoms with Gasteiger partial charge in [-0.25, -0.2) is 4.79 Å². The van der Waals surface area contributed by atoms with Gasteiger partial charge in [0, 0.05) is 7.11 Å². The summed E-state index contributed by atoms with van der Waals surface area (Å²) >= 11 is 0. The van der Waals surface area contributed by atoms with Crippen LogP contribution in [0, 0.1) is 29.1 Å². The van der Waals surface area contributed by atoms with E-state index >= 15 is 0 Å². The van der Waals surface area contributed by atoms with E-state index in [-0.39, 0.29) is 18.3 Å². The van der Waals surface area contributed by atoms with Crippen molar-refractivity contribution >= 4 is 6.16 Å². The van der Waals surface area contributed by atoms with Gasteiger partial charge in [0.15, 0.2) is 6.10 Å². The second-order valence-corrected chi connectivity index (χ2v) is 11.6. The molecule has 0 aromatic rings. The zero-order valence-electron chi connectivity index (χ0n) is 20.9. The molecule has 194 valence electrons. The Morgan fingerprint density at radius 1 is 0.912 bits per heavy atom. The Hall–Kier alpha value is -0.930. The largest absolute Gasteiger partial charge is 0.508 e. The summed E-state index contributed by atoms with van der Waals surface area (Å²) in [6.45, 7) is 6.38. The van der Waals surface area contributed by atoms with E-state index in [2.05, 4.69) is 13.8 Å². The molecule has 0 aromatic carbocycles. The van der Waals surface area contributed by atoms with Crippen molar-refractivity contribution in [2.75, 3.05) is 33.5 Å². The van der Waals surface area contributed by atoms with Gasteiger partial charge < -0.3 is 33.2 Å². The average molecular weight is 483 g/mol. The van der Waals surface area contributed by atoms with Crippen molar-refractivity contribution in [3.05, 3.63) is 0 Å². The lowest BCUT2D eigenvalue weighted by molar-refractivity contribution is -0.226. The first-order valence-electron chi connectivity index (χ1n) is 13.3. The van der Waals surface area contributed by atoms with Crippen molar-refractivity contribution in [2.45, 2.75) is 96.1 Å². The predicted octanol–water partition coefficient (Wildman–Crippen LogP) is 4.29. The van der Waals surface area contributed by atoms with Crippen LogP contribution < -0.4 is 0 Å². The lowest BCUT2D eigenvalue weighted by Gasteiger charge is -2.45. The lowest BCUT2D eigenvalue weighted by Crippen LogP contribution is -2.38. The Balaban J connectivity index is 1.06. The molecule has 3 aliphatic carbocycles. The third kappa shape index (κ3) is 5.72. The Labute approximate surface area is 203 Å². The molecular formula is C26H42O8. The highest BCUT2D eigenvalue weighted by Gasteiger charge is 2.53. The number of methoxy groups -OCH3 is 1. The van der Waals surface area contributed by atoms with Crippen LogP contribution in [-0.4, -0.2) is 70.6 Å². The van der Waals surface area contributed by atoms with Crippen LogP contribution in [0.25, 0.3) is 0 Å². The summed E-state index contributed by atoms with van der Waals surface area (Å²) in [7, 11) is 1.60. The molecule has 7 unspecified atom stereocenters. The molecule has 0 aromatic heterocycles. The number of carbonyl (C=O) groups excluding carboxylic acids is 1. The van der Waals surface area contributed by atoms with Crippen molar-refractivity contribution in [1.29, 1.82) is 0 Å². The molecule has 5 rings (SSSR count). The number of hydrogen-bond donors (Lipinski definition) is 0. The quantitative estimate of drug-likeness (QED) is 0.450. The van der Waals surface area contributed by atoms with Crippen LogP contribution in [-0.2, 0) is 33.2 Å². The second-order valence-electron chi connectivity index (χ2n) is 11.6. The molecule has 2 saturated heterocycles. The second kappa shape index (κ2) is 10.6. The van der Waals surface area contributed by atoms with E-state index in [1.165, 1.54) is 32.1 Å². The van der Waals surface area contributed by atoms with Crippen LogP contribution in [0.15, 0.2) is 0 Å². The topological polar surface area (TPSA) is 81.7 Å². The number of rotatable bonds is 9. The van der Waals surface area contributed by atoms with Crippen LogP contribution in [0.3, 0.4) is 0 Å². The smallest absolute Gasteiger partial charge is 0.430 e. The summed E-state index contributed by atoms with van der Waals surface area (Å²) in [5.41, 5.74) is 0.336. The summed E-state index contributed by atoms with van der Waals surface area (Å²) < 4.78 is 38.5. The van der Waals surface area contributed by atoms with E-state index in [4.69, 9.17) is 33.2 Å². The maximum atomic E-state index is 11.1. The molecule has 5 aliphatic rings. The number of fused-ring (bicyclic) bond motifs is 1. The fourth-order valence-corrected chi connectivity index (χ4v) is 6.99. The zero-order valence-corrected chi connectivity index (χ0v) is 20.9. The monoisotopic (exact) mass is 482 g/mol. The van der Waals surface area contributed by atoms with Crippen LogP contribution in [0.1, 0.15) is 65.2 Å². The normalized spacial score (nSPS) is 42.6. The van der Waals surface area contributed by atoms with Gasteiger partial charge in [-0.3, -0.25) is 0 Å². The highest BCUT2D eigenvalue weighted by molar-refractivity contribution is 5.61. The Morgan fingerprint density at radius 2 is 1.65 bits per heavy atom. The van der Waals surface area contributed by atoms with Crippen LogP contribution in [0.4, 0.5) is 4.79 Å². The molecule has 2 heterocycles. The van der Waals surface area contributed by atoms with Gasteiger partial charge in [-0.15, -0.1) is 0 Å².